The van der Waals surface area contributed by atoms with E-state index in [2.05, 4.69) is 4.57 Å². The third kappa shape index (κ3) is 3.52. The second kappa shape index (κ2) is 7.09. The highest BCUT2D eigenvalue weighted by Gasteiger charge is 2.17. The molecule has 0 saturated heterocycles. The van der Waals surface area contributed by atoms with Crippen LogP contribution >= 0.6 is 0 Å². The van der Waals surface area contributed by atoms with Crippen LogP contribution in [0.1, 0.15) is 29.4 Å². The Morgan fingerprint density at radius 2 is 2.00 bits per heavy atom. The van der Waals surface area contributed by atoms with Crippen molar-refractivity contribution in [1.29, 1.82) is 0 Å². The Morgan fingerprint density at radius 1 is 1.29 bits per heavy atom. The van der Waals surface area contributed by atoms with Crippen LogP contribution in [0, 0.1) is 6.92 Å². The van der Waals surface area contributed by atoms with Crippen LogP contribution in [0.25, 0.3) is 11.3 Å². The Balaban J connectivity index is 2.33. The van der Waals surface area contributed by atoms with Crippen LogP contribution in [0.2, 0.25) is 0 Å². The minimum Gasteiger partial charge on any atom is -0.478 e. The minimum atomic E-state index is -0.881. The topological polar surface area (TPSA) is 51.5 Å². The first-order valence-corrected chi connectivity index (χ1v) is 7.21. The van der Waals surface area contributed by atoms with Crippen LogP contribution in [0.4, 0.5) is 0 Å². The summed E-state index contributed by atoms with van der Waals surface area (Å²) < 4.78 is 7.43. The van der Waals surface area contributed by atoms with Crippen molar-refractivity contribution in [3.63, 3.8) is 0 Å². The molecule has 1 N–H and O–H groups in total. The molecule has 0 aliphatic heterocycles. The number of rotatable bonds is 7. The SMILES string of the molecule is CCOCCCn1c(-c2ccccc2)cc(C(=O)O)c1C. The van der Waals surface area contributed by atoms with Crippen LogP contribution in [-0.2, 0) is 11.3 Å². The van der Waals surface area contributed by atoms with Crippen molar-refractivity contribution in [3.8, 4) is 11.3 Å². The van der Waals surface area contributed by atoms with Crippen LogP contribution in [0.15, 0.2) is 36.4 Å². The maximum Gasteiger partial charge on any atom is 0.337 e. The maximum absolute atomic E-state index is 11.4. The van der Waals surface area contributed by atoms with Gasteiger partial charge in [0.25, 0.3) is 0 Å². The molecule has 4 nitrogen and oxygen atoms in total. The number of aromatic nitrogens is 1. The third-order valence-corrected chi connectivity index (χ3v) is 3.54. The standard InChI is InChI=1S/C17H21NO3/c1-3-21-11-7-10-18-13(2)15(17(19)20)12-16(18)14-8-5-4-6-9-14/h4-6,8-9,12H,3,7,10-11H2,1-2H3,(H,19,20). The Morgan fingerprint density at radius 3 is 2.62 bits per heavy atom. The average Bonchev–Trinajstić information content (AvgIpc) is 2.82. The summed E-state index contributed by atoms with van der Waals surface area (Å²) in [6.07, 6.45) is 0.863. The van der Waals surface area contributed by atoms with E-state index >= 15 is 0 Å². The summed E-state index contributed by atoms with van der Waals surface area (Å²) in [4.78, 5) is 11.4. The summed E-state index contributed by atoms with van der Waals surface area (Å²) in [5, 5.41) is 9.32. The molecule has 0 bridgehead atoms. The number of carbonyl (C=O) groups is 1. The lowest BCUT2D eigenvalue weighted by Gasteiger charge is -2.12. The fourth-order valence-electron chi connectivity index (χ4n) is 2.47. The Bertz CT molecular complexity index is 602. The smallest absolute Gasteiger partial charge is 0.337 e. The van der Waals surface area contributed by atoms with E-state index in [9.17, 15) is 9.90 Å². The van der Waals surface area contributed by atoms with Gasteiger partial charge in [0.15, 0.2) is 0 Å². The van der Waals surface area contributed by atoms with E-state index in [0.717, 1.165) is 29.9 Å². The Labute approximate surface area is 125 Å². The van der Waals surface area contributed by atoms with Gasteiger partial charge in [-0.25, -0.2) is 4.79 Å². The van der Waals surface area contributed by atoms with E-state index < -0.39 is 5.97 Å². The number of hydrogen-bond donors (Lipinski definition) is 1. The van der Waals surface area contributed by atoms with Crippen molar-refractivity contribution in [2.45, 2.75) is 26.8 Å². The molecule has 0 unspecified atom stereocenters. The highest BCUT2D eigenvalue weighted by Crippen LogP contribution is 2.26. The van der Waals surface area contributed by atoms with E-state index in [4.69, 9.17) is 4.74 Å². The summed E-state index contributed by atoms with van der Waals surface area (Å²) >= 11 is 0. The van der Waals surface area contributed by atoms with Gasteiger partial charge in [-0.1, -0.05) is 30.3 Å². The van der Waals surface area contributed by atoms with Gasteiger partial charge >= 0.3 is 5.97 Å². The molecule has 0 fully saturated rings. The predicted octanol–water partition coefficient (Wildman–Crippen LogP) is 3.59. The summed E-state index contributed by atoms with van der Waals surface area (Å²) in [7, 11) is 0. The molecular weight excluding hydrogens is 266 g/mol. The van der Waals surface area contributed by atoms with Gasteiger partial charge in [-0.15, -0.1) is 0 Å². The number of hydrogen-bond acceptors (Lipinski definition) is 2. The first-order valence-electron chi connectivity index (χ1n) is 7.21. The number of benzene rings is 1. The van der Waals surface area contributed by atoms with Gasteiger partial charge in [-0.2, -0.15) is 0 Å². The van der Waals surface area contributed by atoms with E-state index in [0.29, 0.717) is 18.8 Å². The first kappa shape index (κ1) is 15.3. The van der Waals surface area contributed by atoms with Gasteiger partial charge in [0, 0.05) is 31.1 Å². The van der Waals surface area contributed by atoms with Crippen molar-refractivity contribution in [2.24, 2.45) is 0 Å². The van der Waals surface area contributed by atoms with Crippen molar-refractivity contribution in [2.75, 3.05) is 13.2 Å². The van der Waals surface area contributed by atoms with Crippen LogP contribution in [-0.4, -0.2) is 28.9 Å². The number of ether oxygens (including phenoxy) is 1. The van der Waals surface area contributed by atoms with Gasteiger partial charge in [0.1, 0.15) is 0 Å². The van der Waals surface area contributed by atoms with Crippen molar-refractivity contribution < 1.29 is 14.6 Å². The third-order valence-electron chi connectivity index (χ3n) is 3.54. The number of carboxylic acid groups (broad SMARTS) is 1. The predicted molar refractivity (Wildman–Crippen MR) is 82.7 cm³/mol. The number of nitrogens with zero attached hydrogens (tertiary/aromatic N) is 1. The largest absolute Gasteiger partial charge is 0.478 e. The Hall–Kier alpha value is -2.07. The fourth-order valence-corrected chi connectivity index (χ4v) is 2.47. The summed E-state index contributed by atoms with van der Waals surface area (Å²) in [6.45, 7) is 5.97. The number of aromatic carboxylic acids is 1. The monoisotopic (exact) mass is 287 g/mol. The highest BCUT2D eigenvalue weighted by atomic mass is 16.5. The normalized spacial score (nSPS) is 10.8. The van der Waals surface area contributed by atoms with Crippen molar-refractivity contribution in [1.82, 2.24) is 4.57 Å². The van der Waals surface area contributed by atoms with E-state index in [1.165, 1.54) is 0 Å². The zero-order valence-electron chi connectivity index (χ0n) is 12.5. The molecule has 21 heavy (non-hydrogen) atoms. The molecule has 0 amide bonds. The molecular formula is C17H21NO3. The van der Waals surface area contributed by atoms with Crippen LogP contribution < -0.4 is 0 Å². The maximum atomic E-state index is 11.4. The molecule has 0 radical (unpaired) electrons. The summed E-state index contributed by atoms with van der Waals surface area (Å²) in [5.41, 5.74) is 3.13. The quantitative estimate of drug-likeness (QED) is 0.792. The summed E-state index contributed by atoms with van der Waals surface area (Å²) in [5.74, 6) is -0.881. The lowest BCUT2D eigenvalue weighted by molar-refractivity contribution is 0.0696. The second-order valence-electron chi connectivity index (χ2n) is 4.90. The second-order valence-corrected chi connectivity index (χ2v) is 4.90. The molecule has 1 heterocycles. The van der Waals surface area contributed by atoms with Crippen molar-refractivity contribution in [3.05, 3.63) is 47.7 Å². The molecule has 0 spiro atoms. The van der Waals surface area contributed by atoms with Gasteiger partial charge < -0.3 is 14.4 Å². The molecule has 0 aliphatic carbocycles. The van der Waals surface area contributed by atoms with Gasteiger partial charge in [-0.05, 0) is 31.9 Å². The highest BCUT2D eigenvalue weighted by molar-refractivity contribution is 5.91. The average molecular weight is 287 g/mol. The van der Waals surface area contributed by atoms with Gasteiger partial charge in [0.05, 0.1) is 5.56 Å². The molecule has 0 atom stereocenters. The van der Waals surface area contributed by atoms with Crippen molar-refractivity contribution >= 4 is 5.97 Å². The molecule has 2 rings (SSSR count). The lowest BCUT2D eigenvalue weighted by Crippen LogP contribution is -2.07. The van der Waals surface area contributed by atoms with E-state index in [1.54, 1.807) is 6.07 Å². The summed E-state index contributed by atoms with van der Waals surface area (Å²) in [6, 6.07) is 11.6. The molecule has 0 saturated carbocycles. The number of carboxylic acids is 1. The van der Waals surface area contributed by atoms with E-state index in [-0.39, 0.29) is 0 Å². The molecule has 0 aliphatic rings. The Kier molecular flexibility index (Phi) is 5.17. The molecule has 112 valence electrons. The van der Waals surface area contributed by atoms with Gasteiger partial charge in [-0.3, -0.25) is 0 Å². The van der Waals surface area contributed by atoms with Gasteiger partial charge in [0.2, 0.25) is 0 Å². The molecule has 2 aromatic rings. The first-order chi connectivity index (χ1) is 10.1. The minimum absolute atomic E-state index is 0.366. The molecule has 4 heteroatoms. The van der Waals surface area contributed by atoms with E-state index in [1.807, 2.05) is 44.2 Å². The zero-order valence-corrected chi connectivity index (χ0v) is 12.5. The van der Waals surface area contributed by atoms with Crippen LogP contribution in [0.5, 0.6) is 0 Å². The van der Waals surface area contributed by atoms with Crippen LogP contribution in [0.3, 0.4) is 0 Å². The lowest BCUT2D eigenvalue weighted by atomic mass is 10.1. The zero-order chi connectivity index (χ0) is 15.2. The molecule has 1 aromatic heterocycles. The fraction of sp³-hybridized carbons (Fsp3) is 0.353. The molecule has 1 aromatic carbocycles.